The van der Waals surface area contributed by atoms with Gasteiger partial charge < -0.3 is 19.0 Å². The molecule has 0 amide bonds. The van der Waals surface area contributed by atoms with Gasteiger partial charge in [-0.3, -0.25) is 4.90 Å². The largest absolute Gasteiger partial charge is 0.478 e. The maximum atomic E-state index is 14.2. The average Bonchev–Trinajstić information content (AvgIpc) is 3.57. The zero-order valence-electron chi connectivity index (χ0n) is 23.8. The number of likely N-dealkylation sites (tertiary alicyclic amines) is 1. The summed E-state index contributed by atoms with van der Waals surface area (Å²) in [7, 11) is 1.94. The molecule has 0 saturated carbocycles. The van der Waals surface area contributed by atoms with E-state index in [1.54, 1.807) is 42.7 Å². The van der Waals surface area contributed by atoms with E-state index in [0.717, 1.165) is 54.2 Å². The van der Waals surface area contributed by atoms with Gasteiger partial charge in [-0.1, -0.05) is 23.7 Å². The molecular weight excluding hydrogens is 571 g/mol. The van der Waals surface area contributed by atoms with E-state index in [9.17, 15) is 14.3 Å². The van der Waals surface area contributed by atoms with Gasteiger partial charge in [0.2, 0.25) is 5.88 Å². The van der Waals surface area contributed by atoms with Crippen molar-refractivity contribution in [2.24, 2.45) is 7.05 Å². The van der Waals surface area contributed by atoms with Gasteiger partial charge >= 0.3 is 5.97 Å². The number of imidazole rings is 2. The molecule has 2 aromatic carbocycles. The Hall–Kier alpha value is -4.28. The summed E-state index contributed by atoms with van der Waals surface area (Å²) in [4.78, 5) is 28.1. The maximum absolute atomic E-state index is 14.2. The number of halogens is 2. The highest BCUT2D eigenvalue weighted by molar-refractivity contribution is 6.30. The Morgan fingerprint density at radius 1 is 1.12 bits per heavy atom. The standard InChI is InChI=1S/C32H32ClFN6O3/c1-38-17-25(35-20-38)11-14-40-29-15-22(32(41)42)6-8-28(29)36-30(40)18-39-12-9-21(10-13-39)27-3-2-4-31(37-27)43-19-23-5-7-24(33)16-26(23)34/h2-8,15-17,20-21H,9-14,18-19H2,1H3,(H,41,42). The Morgan fingerprint density at radius 3 is 2.70 bits per heavy atom. The van der Waals surface area contributed by atoms with Crippen LogP contribution in [0.25, 0.3) is 11.0 Å². The second-order valence-corrected chi connectivity index (χ2v) is 11.4. The molecule has 4 heterocycles. The number of aromatic carboxylic acids is 1. The third kappa shape index (κ3) is 6.71. The maximum Gasteiger partial charge on any atom is 0.335 e. The Bertz CT molecular complexity index is 1760. The summed E-state index contributed by atoms with van der Waals surface area (Å²) >= 11 is 5.85. The monoisotopic (exact) mass is 602 g/mol. The SMILES string of the molecule is Cn1cnc(CCn2c(CN3CCC(c4cccc(OCc5ccc(Cl)cc5F)n4)CC3)nc3ccc(C(=O)O)cc32)c1. The van der Waals surface area contributed by atoms with E-state index in [1.807, 2.05) is 29.9 Å². The van der Waals surface area contributed by atoms with Crippen molar-refractivity contribution in [3.63, 3.8) is 0 Å². The Balaban J connectivity index is 1.12. The van der Waals surface area contributed by atoms with E-state index in [4.69, 9.17) is 26.3 Å². The Morgan fingerprint density at radius 2 is 1.95 bits per heavy atom. The fraction of sp³-hybridized carbons (Fsp3) is 0.312. The van der Waals surface area contributed by atoms with Crippen LogP contribution >= 0.6 is 11.6 Å². The Kier molecular flexibility index (Phi) is 8.40. The van der Waals surface area contributed by atoms with Crippen molar-refractivity contribution >= 4 is 28.6 Å². The zero-order valence-corrected chi connectivity index (χ0v) is 24.5. The molecule has 0 spiro atoms. The summed E-state index contributed by atoms with van der Waals surface area (Å²) in [5, 5.41) is 9.92. The first-order valence-electron chi connectivity index (χ1n) is 14.3. The van der Waals surface area contributed by atoms with Crippen LogP contribution in [0, 0.1) is 5.82 Å². The van der Waals surface area contributed by atoms with E-state index in [1.165, 1.54) is 6.07 Å². The van der Waals surface area contributed by atoms with Crippen molar-refractivity contribution in [2.75, 3.05) is 13.1 Å². The van der Waals surface area contributed by atoms with E-state index in [2.05, 4.69) is 14.5 Å². The van der Waals surface area contributed by atoms with Crippen LogP contribution in [-0.4, -0.2) is 53.2 Å². The molecule has 9 nitrogen and oxygen atoms in total. The molecule has 1 N–H and O–H groups in total. The highest BCUT2D eigenvalue weighted by atomic mass is 35.5. The van der Waals surface area contributed by atoms with Crippen molar-refractivity contribution in [2.45, 2.75) is 44.9 Å². The van der Waals surface area contributed by atoms with Crippen molar-refractivity contribution < 1.29 is 19.0 Å². The fourth-order valence-electron chi connectivity index (χ4n) is 5.61. The fourth-order valence-corrected chi connectivity index (χ4v) is 5.77. The zero-order chi connectivity index (χ0) is 29.9. The predicted molar refractivity (Wildman–Crippen MR) is 161 cm³/mol. The van der Waals surface area contributed by atoms with E-state index < -0.39 is 11.8 Å². The molecule has 1 fully saturated rings. The van der Waals surface area contributed by atoms with Crippen molar-refractivity contribution in [3.8, 4) is 5.88 Å². The van der Waals surface area contributed by atoms with Gasteiger partial charge in [0.05, 0.1) is 35.2 Å². The first-order valence-corrected chi connectivity index (χ1v) is 14.7. The highest BCUT2D eigenvalue weighted by Gasteiger charge is 2.24. The summed E-state index contributed by atoms with van der Waals surface area (Å²) < 4.78 is 24.0. The second-order valence-electron chi connectivity index (χ2n) is 10.9. The molecule has 222 valence electrons. The summed E-state index contributed by atoms with van der Waals surface area (Å²) in [5.74, 6) is 0.312. The minimum Gasteiger partial charge on any atom is -0.478 e. The number of carboxylic acids is 1. The molecular formula is C32H32ClFN6O3. The van der Waals surface area contributed by atoms with Crippen LogP contribution in [-0.2, 0) is 33.2 Å². The number of carboxylic acid groups (broad SMARTS) is 1. The van der Waals surface area contributed by atoms with Crippen LogP contribution in [0.3, 0.4) is 0 Å². The number of fused-ring (bicyclic) bond motifs is 1. The minimum atomic E-state index is -0.955. The third-order valence-corrected chi connectivity index (χ3v) is 8.17. The highest BCUT2D eigenvalue weighted by Crippen LogP contribution is 2.29. The molecule has 1 saturated heterocycles. The van der Waals surface area contributed by atoms with Gasteiger partial charge in [0.25, 0.3) is 0 Å². The quantitative estimate of drug-likeness (QED) is 0.214. The van der Waals surface area contributed by atoms with Crippen LogP contribution in [0.15, 0.2) is 67.1 Å². The van der Waals surface area contributed by atoms with Gasteiger partial charge in [0, 0.05) is 54.5 Å². The number of piperidine rings is 1. The molecule has 1 aliphatic heterocycles. The lowest BCUT2D eigenvalue weighted by Gasteiger charge is -2.31. The summed E-state index contributed by atoms with van der Waals surface area (Å²) in [6.07, 6.45) is 6.36. The van der Waals surface area contributed by atoms with Crippen LogP contribution in [0.4, 0.5) is 4.39 Å². The lowest BCUT2D eigenvalue weighted by atomic mass is 9.93. The number of nitrogens with zero attached hydrogens (tertiary/aromatic N) is 6. The van der Waals surface area contributed by atoms with Crippen LogP contribution in [0.2, 0.25) is 5.02 Å². The van der Waals surface area contributed by atoms with Crippen LogP contribution < -0.4 is 4.74 Å². The molecule has 0 unspecified atom stereocenters. The predicted octanol–water partition coefficient (Wildman–Crippen LogP) is 5.86. The van der Waals surface area contributed by atoms with Crippen molar-refractivity contribution in [3.05, 3.63) is 106 Å². The number of aromatic nitrogens is 5. The number of rotatable bonds is 10. The van der Waals surface area contributed by atoms with E-state index in [-0.39, 0.29) is 18.1 Å². The number of aryl methyl sites for hydroxylation is 3. The molecule has 0 radical (unpaired) electrons. The molecule has 11 heteroatoms. The molecule has 0 atom stereocenters. The molecule has 0 aliphatic carbocycles. The van der Waals surface area contributed by atoms with Gasteiger partial charge in [-0.05, 0) is 62.3 Å². The number of ether oxygens (including phenoxy) is 1. The number of hydrogen-bond donors (Lipinski definition) is 1. The van der Waals surface area contributed by atoms with E-state index >= 15 is 0 Å². The third-order valence-electron chi connectivity index (χ3n) is 7.93. The van der Waals surface area contributed by atoms with Gasteiger partial charge in [-0.15, -0.1) is 0 Å². The second kappa shape index (κ2) is 12.5. The van der Waals surface area contributed by atoms with Gasteiger partial charge in [-0.2, -0.15) is 0 Å². The van der Waals surface area contributed by atoms with Crippen LogP contribution in [0.5, 0.6) is 5.88 Å². The molecule has 0 bridgehead atoms. The first-order chi connectivity index (χ1) is 20.8. The minimum absolute atomic E-state index is 0.0766. The Labute approximate surface area is 253 Å². The van der Waals surface area contributed by atoms with Crippen molar-refractivity contribution in [1.29, 1.82) is 0 Å². The van der Waals surface area contributed by atoms with Gasteiger partial charge in [-0.25, -0.2) is 24.1 Å². The molecule has 1 aliphatic rings. The average molecular weight is 603 g/mol. The lowest BCUT2D eigenvalue weighted by Crippen LogP contribution is -2.33. The molecule has 6 rings (SSSR count). The smallest absolute Gasteiger partial charge is 0.335 e. The number of pyridine rings is 1. The molecule has 5 aromatic rings. The number of carbonyl (C=O) groups is 1. The van der Waals surface area contributed by atoms with Crippen LogP contribution in [0.1, 0.15) is 51.9 Å². The summed E-state index contributed by atoms with van der Waals surface area (Å²) in [5.41, 5.74) is 4.22. The van der Waals surface area contributed by atoms with Crippen molar-refractivity contribution in [1.82, 2.24) is 29.0 Å². The number of hydrogen-bond acceptors (Lipinski definition) is 6. The number of benzene rings is 2. The van der Waals surface area contributed by atoms with Gasteiger partial charge in [0.1, 0.15) is 18.2 Å². The van der Waals surface area contributed by atoms with Gasteiger partial charge in [0.15, 0.2) is 0 Å². The normalized spacial score (nSPS) is 14.4. The first kappa shape index (κ1) is 28.8. The molecule has 43 heavy (non-hydrogen) atoms. The summed E-state index contributed by atoms with van der Waals surface area (Å²) in [6, 6.07) is 15.4. The summed E-state index contributed by atoms with van der Waals surface area (Å²) in [6.45, 7) is 3.13. The molecule has 3 aromatic heterocycles. The van der Waals surface area contributed by atoms with E-state index in [0.29, 0.717) is 36.0 Å². The lowest BCUT2D eigenvalue weighted by molar-refractivity contribution is 0.0697. The topological polar surface area (TPSA) is 98.3 Å².